The first-order valence-corrected chi connectivity index (χ1v) is 9.35. The molecule has 0 bridgehead atoms. The number of aromatic hydroxyl groups is 1. The Labute approximate surface area is 181 Å². The zero-order chi connectivity index (χ0) is 18.2. The zero-order valence-electron chi connectivity index (χ0n) is 15.9. The van der Waals surface area contributed by atoms with Crippen molar-refractivity contribution in [2.75, 3.05) is 32.8 Å². The third-order valence-electron chi connectivity index (χ3n) is 5.27. The van der Waals surface area contributed by atoms with Crippen LogP contribution in [0, 0.1) is 0 Å². The molecule has 0 saturated carbocycles. The van der Waals surface area contributed by atoms with Gasteiger partial charge in [0.05, 0.1) is 29.9 Å². The molecule has 4 aromatic rings. The molecule has 1 fully saturated rings. The summed E-state index contributed by atoms with van der Waals surface area (Å²) in [5.74, 6) is 1.22. The van der Waals surface area contributed by atoms with Crippen molar-refractivity contribution in [3.05, 3.63) is 54.7 Å². The minimum absolute atomic E-state index is 0. The quantitative estimate of drug-likeness (QED) is 0.530. The summed E-state index contributed by atoms with van der Waals surface area (Å²) in [5, 5.41) is 9.54. The fraction of sp³-hybridized carbons (Fsp3) is 0.286. The van der Waals surface area contributed by atoms with Crippen molar-refractivity contribution >= 4 is 41.6 Å². The lowest BCUT2D eigenvalue weighted by atomic mass is 10.2. The van der Waals surface area contributed by atoms with E-state index in [-0.39, 0.29) is 30.6 Å². The fourth-order valence-electron chi connectivity index (χ4n) is 3.80. The number of halogens is 2. The van der Waals surface area contributed by atoms with Crippen LogP contribution in [0.25, 0.3) is 28.1 Å². The van der Waals surface area contributed by atoms with Gasteiger partial charge in [-0.1, -0.05) is 12.1 Å². The van der Waals surface area contributed by atoms with Crippen molar-refractivity contribution in [3.8, 4) is 17.0 Å². The molecule has 6 nitrogen and oxygen atoms in total. The van der Waals surface area contributed by atoms with E-state index in [9.17, 15) is 5.11 Å². The van der Waals surface area contributed by atoms with E-state index < -0.39 is 0 Å². The van der Waals surface area contributed by atoms with Crippen molar-refractivity contribution in [2.24, 2.45) is 0 Å². The Balaban J connectivity index is 0.00000120. The number of ether oxygens (including phenoxy) is 1. The molecule has 1 N–H and O–H groups in total. The van der Waals surface area contributed by atoms with Gasteiger partial charge in [0.25, 0.3) is 0 Å². The Morgan fingerprint density at radius 2 is 1.59 bits per heavy atom. The molecule has 1 aliphatic rings. The molecule has 29 heavy (non-hydrogen) atoms. The van der Waals surface area contributed by atoms with Gasteiger partial charge in [0.1, 0.15) is 5.75 Å². The maximum Gasteiger partial charge on any atom is 0.215 e. The van der Waals surface area contributed by atoms with E-state index in [1.165, 1.54) is 5.52 Å². The highest BCUT2D eigenvalue weighted by atomic mass is 35.5. The number of para-hydroxylation sites is 2. The number of hydrogen-bond donors (Lipinski definition) is 1. The third-order valence-corrected chi connectivity index (χ3v) is 5.27. The van der Waals surface area contributed by atoms with Crippen LogP contribution >= 0.6 is 24.8 Å². The molecule has 154 valence electrons. The van der Waals surface area contributed by atoms with Crippen molar-refractivity contribution in [3.63, 3.8) is 0 Å². The molecule has 2 aromatic heterocycles. The van der Waals surface area contributed by atoms with Gasteiger partial charge in [-0.25, -0.2) is 4.98 Å². The van der Waals surface area contributed by atoms with Gasteiger partial charge in [-0.05, 0) is 36.4 Å². The number of fused-ring (bicyclic) bond motifs is 3. The summed E-state index contributed by atoms with van der Waals surface area (Å²) < 4.78 is 9.92. The first-order valence-electron chi connectivity index (χ1n) is 9.35. The van der Waals surface area contributed by atoms with Crippen LogP contribution in [-0.4, -0.2) is 56.8 Å². The Kier molecular flexibility index (Phi) is 6.70. The lowest BCUT2D eigenvalue weighted by Gasteiger charge is -2.26. The summed E-state index contributed by atoms with van der Waals surface area (Å²) in [4.78, 5) is 7.36. The number of phenolic OH excluding ortho intramolecular Hbond substituents is 1. The Morgan fingerprint density at radius 1 is 0.897 bits per heavy atom. The second kappa shape index (κ2) is 9.05. The SMILES string of the molecule is Cl.Cl.Oc1ccc(-c2cn3c4ccccc4n(CCN4CCOCC4)c3n2)cc1. The van der Waals surface area contributed by atoms with Gasteiger partial charge in [0.2, 0.25) is 5.78 Å². The van der Waals surface area contributed by atoms with Gasteiger partial charge in [0, 0.05) is 37.9 Å². The van der Waals surface area contributed by atoms with Crippen LogP contribution in [0.15, 0.2) is 54.7 Å². The second-order valence-electron chi connectivity index (χ2n) is 6.94. The fourth-order valence-corrected chi connectivity index (χ4v) is 3.80. The second-order valence-corrected chi connectivity index (χ2v) is 6.94. The molecule has 0 atom stereocenters. The third kappa shape index (κ3) is 4.07. The molecular weight excluding hydrogens is 411 g/mol. The smallest absolute Gasteiger partial charge is 0.215 e. The minimum Gasteiger partial charge on any atom is -0.508 e. The number of rotatable bonds is 4. The van der Waals surface area contributed by atoms with Crippen molar-refractivity contribution in [1.82, 2.24) is 18.9 Å². The Bertz CT molecular complexity index is 1090. The van der Waals surface area contributed by atoms with Crippen LogP contribution in [0.1, 0.15) is 0 Å². The molecule has 3 heterocycles. The molecule has 0 spiro atoms. The maximum absolute atomic E-state index is 9.54. The first-order chi connectivity index (χ1) is 13.3. The Hall–Kier alpha value is -2.25. The number of morpholine rings is 1. The summed E-state index contributed by atoms with van der Waals surface area (Å²) in [6, 6.07) is 15.6. The largest absolute Gasteiger partial charge is 0.508 e. The van der Waals surface area contributed by atoms with Gasteiger partial charge in [-0.3, -0.25) is 9.30 Å². The van der Waals surface area contributed by atoms with Crippen molar-refractivity contribution in [1.29, 1.82) is 0 Å². The number of hydrogen-bond acceptors (Lipinski definition) is 4. The minimum atomic E-state index is 0. The standard InChI is InChI=1S/C21H22N4O2.2ClH/c26-17-7-5-16(6-8-17)18-15-25-20-4-2-1-3-19(20)24(21(25)22-18)10-9-23-11-13-27-14-12-23;;/h1-8,15,26H,9-14H2;2*1H. The van der Waals surface area contributed by atoms with Crippen molar-refractivity contribution in [2.45, 2.75) is 6.54 Å². The number of aromatic nitrogens is 3. The average Bonchev–Trinajstić information content (AvgIpc) is 3.26. The summed E-state index contributed by atoms with van der Waals surface area (Å²) in [6.45, 7) is 5.49. The first kappa shape index (κ1) is 21.5. The summed E-state index contributed by atoms with van der Waals surface area (Å²) in [5.41, 5.74) is 4.27. The zero-order valence-corrected chi connectivity index (χ0v) is 17.5. The predicted octanol–water partition coefficient (Wildman–Crippen LogP) is 3.84. The molecule has 1 saturated heterocycles. The topological polar surface area (TPSA) is 54.9 Å². The summed E-state index contributed by atoms with van der Waals surface area (Å²) in [7, 11) is 0. The van der Waals surface area contributed by atoms with Crippen LogP contribution in [-0.2, 0) is 11.3 Å². The normalized spacial score (nSPS) is 14.6. The van der Waals surface area contributed by atoms with E-state index in [0.717, 1.165) is 61.9 Å². The maximum atomic E-state index is 9.54. The highest BCUT2D eigenvalue weighted by Gasteiger charge is 2.16. The molecule has 0 radical (unpaired) electrons. The number of imidazole rings is 2. The van der Waals surface area contributed by atoms with E-state index in [1.807, 2.05) is 12.1 Å². The van der Waals surface area contributed by atoms with Crippen LogP contribution in [0.3, 0.4) is 0 Å². The lowest BCUT2D eigenvalue weighted by molar-refractivity contribution is 0.0366. The molecule has 0 amide bonds. The Morgan fingerprint density at radius 3 is 2.31 bits per heavy atom. The van der Waals surface area contributed by atoms with E-state index in [0.29, 0.717) is 0 Å². The van der Waals surface area contributed by atoms with Gasteiger partial charge in [-0.15, -0.1) is 24.8 Å². The van der Waals surface area contributed by atoms with Crippen molar-refractivity contribution < 1.29 is 9.84 Å². The monoisotopic (exact) mass is 434 g/mol. The van der Waals surface area contributed by atoms with Gasteiger partial charge in [-0.2, -0.15) is 0 Å². The molecule has 8 heteroatoms. The van der Waals surface area contributed by atoms with Crippen LogP contribution < -0.4 is 0 Å². The van der Waals surface area contributed by atoms with E-state index in [4.69, 9.17) is 9.72 Å². The van der Waals surface area contributed by atoms with Crippen LogP contribution in [0.2, 0.25) is 0 Å². The van der Waals surface area contributed by atoms with E-state index in [2.05, 4.69) is 44.3 Å². The predicted molar refractivity (Wildman–Crippen MR) is 120 cm³/mol. The summed E-state index contributed by atoms with van der Waals surface area (Å²) >= 11 is 0. The highest BCUT2D eigenvalue weighted by molar-refractivity contribution is 5.85. The molecule has 5 rings (SSSR count). The molecule has 0 aliphatic carbocycles. The van der Waals surface area contributed by atoms with Gasteiger partial charge < -0.3 is 14.4 Å². The molecular formula is C21H24Cl2N4O2. The number of nitrogens with zero attached hydrogens (tertiary/aromatic N) is 4. The number of phenols is 1. The van der Waals surface area contributed by atoms with Gasteiger partial charge >= 0.3 is 0 Å². The van der Waals surface area contributed by atoms with Gasteiger partial charge in [0.15, 0.2) is 0 Å². The molecule has 1 aliphatic heterocycles. The average molecular weight is 435 g/mol. The van der Waals surface area contributed by atoms with E-state index in [1.54, 1.807) is 12.1 Å². The highest BCUT2D eigenvalue weighted by Crippen LogP contribution is 2.26. The lowest BCUT2D eigenvalue weighted by Crippen LogP contribution is -2.38. The summed E-state index contributed by atoms with van der Waals surface area (Å²) in [6.07, 6.45) is 2.08. The number of benzene rings is 2. The molecule has 2 aromatic carbocycles. The van der Waals surface area contributed by atoms with Crippen LogP contribution in [0.5, 0.6) is 5.75 Å². The molecule has 0 unspecified atom stereocenters. The van der Waals surface area contributed by atoms with E-state index >= 15 is 0 Å². The van der Waals surface area contributed by atoms with Crippen LogP contribution in [0.4, 0.5) is 0 Å².